The number of carbonyl (C=O) groups excluding carboxylic acids is 2. The van der Waals surface area contributed by atoms with Crippen molar-refractivity contribution in [2.45, 2.75) is 72.0 Å². The van der Waals surface area contributed by atoms with E-state index < -0.39 is 16.1 Å². The van der Waals surface area contributed by atoms with Crippen molar-refractivity contribution in [3.8, 4) is 0 Å². The molecule has 3 rings (SSSR count). The van der Waals surface area contributed by atoms with Crippen LogP contribution in [-0.2, 0) is 32.6 Å². The van der Waals surface area contributed by atoms with Gasteiger partial charge in [0.15, 0.2) is 0 Å². The van der Waals surface area contributed by atoms with Crippen LogP contribution >= 0.6 is 0 Å². The molecule has 0 aromatic heterocycles. The number of carbonyl (C=O) groups is 2. The van der Waals surface area contributed by atoms with Gasteiger partial charge < -0.3 is 10.2 Å². The molecule has 0 unspecified atom stereocenters. The number of nitrogens with one attached hydrogen (secondary N) is 1. The fourth-order valence-corrected chi connectivity index (χ4v) is 5.71. The highest BCUT2D eigenvalue weighted by Crippen LogP contribution is 2.22. The van der Waals surface area contributed by atoms with Crippen molar-refractivity contribution < 1.29 is 18.0 Å². The summed E-state index contributed by atoms with van der Waals surface area (Å²) in [6.07, 6.45) is 2.74. The molecular formula is C33H43N3O4S. The molecule has 0 saturated heterocycles. The van der Waals surface area contributed by atoms with Crippen molar-refractivity contribution in [3.05, 3.63) is 101 Å². The van der Waals surface area contributed by atoms with Crippen molar-refractivity contribution in [1.82, 2.24) is 10.2 Å². The molecule has 3 aromatic carbocycles. The standard InChI is InChI=1S/C33H43N3O4S/c1-6-27(4)34-33(38)31(23-28-16-8-7-9-17-28)35(24-29-18-11-10-15-26(29)3)32(37)20-13-21-36(41(5,39)40)30-19-12-14-25(2)22-30/h7-12,14-19,22,27,31H,6,13,20-21,23-24H2,1-5H3,(H,34,38)/t27-,31+/m0/s1. The van der Waals surface area contributed by atoms with Gasteiger partial charge >= 0.3 is 0 Å². The summed E-state index contributed by atoms with van der Waals surface area (Å²) in [5.41, 5.74) is 4.49. The number of aryl methyl sites for hydroxylation is 2. The van der Waals surface area contributed by atoms with Gasteiger partial charge in [0.05, 0.1) is 11.9 Å². The summed E-state index contributed by atoms with van der Waals surface area (Å²) >= 11 is 0. The number of amides is 2. The van der Waals surface area contributed by atoms with E-state index >= 15 is 0 Å². The molecular weight excluding hydrogens is 534 g/mol. The Balaban J connectivity index is 1.90. The molecule has 2 amide bonds. The van der Waals surface area contributed by atoms with E-state index in [1.807, 2.05) is 100 Å². The lowest BCUT2D eigenvalue weighted by Gasteiger charge is -2.33. The molecule has 0 fully saturated rings. The number of hydrogen-bond acceptors (Lipinski definition) is 4. The molecule has 0 heterocycles. The van der Waals surface area contributed by atoms with Crippen LogP contribution in [0.5, 0.6) is 0 Å². The first-order valence-corrected chi connectivity index (χ1v) is 16.1. The number of anilines is 1. The van der Waals surface area contributed by atoms with Crippen LogP contribution in [0.3, 0.4) is 0 Å². The fourth-order valence-electron chi connectivity index (χ4n) is 4.75. The van der Waals surface area contributed by atoms with Crippen LogP contribution in [0.2, 0.25) is 0 Å². The summed E-state index contributed by atoms with van der Waals surface area (Å²) in [5, 5.41) is 3.09. The average molecular weight is 578 g/mol. The van der Waals surface area contributed by atoms with Gasteiger partial charge in [-0.05, 0) is 68.0 Å². The fraction of sp³-hybridized carbons (Fsp3) is 0.394. The molecule has 220 valence electrons. The quantitative estimate of drug-likeness (QED) is 0.278. The Labute approximate surface area is 245 Å². The maximum atomic E-state index is 14.0. The highest BCUT2D eigenvalue weighted by Gasteiger charge is 2.31. The molecule has 0 spiro atoms. The van der Waals surface area contributed by atoms with E-state index in [2.05, 4.69) is 5.32 Å². The van der Waals surface area contributed by atoms with Gasteiger partial charge in [0.25, 0.3) is 0 Å². The second-order valence-electron chi connectivity index (χ2n) is 10.7. The number of sulfonamides is 1. The zero-order chi connectivity index (χ0) is 30.0. The lowest BCUT2D eigenvalue weighted by atomic mass is 10.0. The molecule has 7 nitrogen and oxygen atoms in total. The van der Waals surface area contributed by atoms with Crippen molar-refractivity contribution in [2.75, 3.05) is 17.1 Å². The highest BCUT2D eigenvalue weighted by atomic mass is 32.2. The third-order valence-electron chi connectivity index (χ3n) is 7.32. The SMILES string of the molecule is CC[C@H](C)NC(=O)[C@@H](Cc1ccccc1)N(Cc1ccccc1C)C(=O)CCCN(c1cccc(C)c1)S(C)(=O)=O. The largest absolute Gasteiger partial charge is 0.352 e. The third kappa shape index (κ3) is 9.46. The molecule has 3 aromatic rings. The van der Waals surface area contributed by atoms with Crippen LogP contribution in [0.25, 0.3) is 0 Å². The predicted octanol–water partition coefficient (Wildman–Crippen LogP) is 5.40. The number of rotatable bonds is 14. The van der Waals surface area contributed by atoms with Crippen LogP contribution < -0.4 is 9.62 Å². The van der Waals surface area contributed by atoms with Crippen molar-refractivity contribution in [2.24, 2.45) is 0 Å². The van der Waals surface area contributed by atoms with Crippen LogP contribution in [0, 0.1) is 13.8 Å². The van der Waals surface area contributed by atoms with Gasteiger partial charge in [-0.1, -0.05) is 73.7 Å². The van der Waals surface area contributed by atoms with Crippen LogP contribution in [0.15, 0.2) is 78.9 Å². The maximum absolute atomic E-state index is 14.0. The van der Waals surface area contributed by atoms with E-state index in [4.69, 9.17) is 0 Å². The van der Waals surface area contributed by atoms with Crippen LogP contribution in [0.4, 0.5) is 5.69 Å². The Kier molecular flexibility index (Phi) is 11.5. The molecule has 2 atom stereocenters. The third-order valence-corrected chi connectivity index (χ3v) is 8.51. The number of benzene rings is 3. The van der Waals surface area contributed by atoms with E-state index in [9.17, 15) is 18.0 Å². The van der Waals surface area contributed by atoms with Crippen LogP contribution in [-0.4, -0.2) is 50.0 Å². The van der Waals surface area contributed by atoms with Crippen molar-refractivity contribution >= 4 is 27.5 Å². The van der Waals surface area contributed by atoms with Gasteiger partial charge in [-0.2, -0.15) is 0 Å². The molecule has 0 aliphatic rings. The van der Waals surface area contributed by atoms with Gasteiger partial charge in [-0.3, -0.25) is 13.9 Å². The Morgan fingerprint density at radius 1 is 0.927 bits per heavy atom. The van der Waals surface area contributed by atoms with Gasteiger partial charge in [-0.25, -0.2) is 8.42 Å². The van der Waals surface area contributed by atoms with Gasteiger partial charge in [-0.15, -0.1) is 0 Å². The highest BCUT2D eigenvalue weighted by molar-refractivity contribution is 7.92. The summed E-state index contributed by atoms with van der Waals surface area (Å²) in [6, 6.07) is 24.1. The monoisotopic (exact) mass is 577 g/mol. The first-order valence-electron chi connectivity index (χ1n) is 14.2. The van der Waals surface area contributed by atoms with E-state index in [-0.39, 0.29) is 37.4 Å². The molecule has 1 N–H and O–H groups in total. The first-order chi connectivity index (χ1) is 19.5. The molecule has 0 bridgehead atoms. The van der Waals surface area contributed by atoms with Crippen molar-refractivity contribution in [1.29, 1.82) is 0 Å². The lowest BCUT2D eigenvalue weighted by Crippen LogP contribution is -2.52. The number of hydrogen-bond donors (Lipinski definition) is 1. The topological polar surface area (TPSA) is 86.8 Å². The Morgan fingerprint density at radius 2 is 1.61 bits per heavy atom. The van der Waals surface area contributed by atoms with E-state index in [1.54, 1.807) is 11.0 Å². The summed E-state index contributed by atoms with van der Waals surface area (Å²) in [7, 11) is -3.55. The molecule has 0 radical (unpaired) electrons. The first kappa shape index (κ1) is 31.9. The normalized spacial score (nSPS) is 12.8. The maximum Gasteiger partial charge on any atom is 0.243 e. The molecule has 0 saturated carbocycles. The molecule has 41 heavy (non-hydrogen) atoms. The Hall–Kier alpha value is -3.65. The summed E-state index contributed by atoms with van der Waals surface area (Å²) < 4.78 is 26.6. The van der Waals surface area contributed by atoms with Gasteiger partial charge in [0.2, 0.25) is 21.8 Å². The minimum absolute atomic E-state index is 0.0335. The summed E-state index contributed by atoms with van der Waals surface area (Å²) in [5.74, 6) is -0.381. The predicted molar refractivity (Wildman–Crippen MR) is 166 cm³/mol. The zero-order valence-corrected chi connectivity index (χ0v) is 25.7. The minimum Gasteiger partial charge on any atom is -0.352 e. The molecule has 8 heteroatoms. The summed E-state index contributed by atoms with van der Waals surface area (Å²) in [6.45, 7) is 8.31. The molecule has 0 aliphatic carbocycles. The smallest absolute Gasteiger partial charge is 0.243 e. The number of nitrogens with zero attached hydrogens (tertiary/aromatic N) is 2. The van der Waals surface area contributed by atoms with Crippen molar-refractivity contribution in [3.63, 3.8) is 0 Å². The Bertz CT molecular complexity index is 1410. The summed E-state index contributed by atoms with van der Waals surface area (Å²) in [4.78, 5) is 29.3. The van der Waals surface area contributed by atoms with E-state index in [0.29, 0.717) is 18.5 Å². The van der Waals surface area contributed by atoms with Gasteiger partial charge in [0, 0.05) is 32.0 Å². The zero-order valence-electron chi connectivity index (χ0n) is 24.8. The van der Waals surface area contributed by atoms with Crippen LogP contribution in [0.1, 0.15) is 55.4 Å². The second kappa shape index (κ2) is 14.8. The second-order valence-corrected chi connectivity index (χ2v) is 12.7. The minimum atomic E-state index is -3.55. The lowest BCUT2D eigenvalue weighted by molar-refractivity contribution is -0.141. The molecule has 0 aliphatic heterocycles. The van der Waals surface area contributed by atoms with Gasteiger partial charge in [0.1, 0.15) is 6.04 Å². The average Bonchev–Trinajstić information content (AvgIpc) is 2.93. The Morgan fingerprint density at radius 3 is 2.24 bits per heavy atom. The van der Waals surface area contributed by atoms with E-state index in [0.717, 1.165) is 28.7 Å². The van der Waals surface area contributed by atoms with E-state index in [1.165, 1.54) is 10.6 Å².